The van der Waals surface area contributed by atoms with Crippen molar-refractivity contribution in [2.24, 2.45) is 0 Å². The molecule has 0 bridgehead atoms. The highest BCUT2D eigenvalue weighted by Crippen LogP contribution is 2.44. The Bertz CT molecular complexity index is 2960. The molecule has 0 aliphatic heterocycles. The van der Waals surface area contributed by atoms with Crippen molar-refractivity contribution in [2.75, 3.05) is 4.90 Å². The van der Waals surface area contributed by atoms with E-state index in [2.05, 4.69) is 241 Å². The van der Waals surface area contributed by atoms with Crippen molar-refractivity contribution in [1.82, 2.24) is 0 Å². The van der Waals surface area contributed by atoms with Gasteiger partial charge in [-0.05, 0) is 108 Å². The minimum atomic E-state index is 1.09. The average molecular weight is 726 g/mol. The molecule has 0 heterocycles. The third-order valence-corrected chi connectivity index (χ3v) is 11.1. The van der Waals surface area contributed by atoms with Crippen molar-refractivity contribution >= 4 is 38.6 Å². The normalized spacial score (nSPS) is 11.2. The fourth-order valence-electron chi connectivity index (χ4n) is 8.29. The molecule has 0 saturated carbocycles. The Morgan fingerprint density at radius 1 is 0.228 bits per heavy atom. The summed E-state index contributed by atoms with van der Waals surface area (Å²) in [5.74, 6) is 0. The first kappa shape index (κ1) is 34.0. The van der Waals surface area contributed by atoms with Gasteiger partial charge in [-0.1, -0.05) is 200 Å². The molecule has 268 valence electrons. The van der Waals surface area contributed by atoms with Crippen molar-refractivity contribution < 1.29 is 0 Å². The van der Waals surface area contributed by atoms with Crippen LogP contribution in [0, 0.1) is 0 Å². The van der Waals surface area contributed by atoms with Gasteiger partial charge in [-0.2, -0.15) is 0 Å². The summed E-state index contributed by atoms with van der Waals surface area (Å²) in [5.41, 5.74) is 15.3. The zero-order valence-corrected chi connectivity index (χ0v) is 31.5. The molecule has 0 amide bonds. The van der Waals surface area contributed by atoms with E-state index >= 15 is 0 Å². The van der Waals surface area contributed by atoms with E-state index in [1.807, 2.05) is 0 Å². The Kier molecular flexibility index (Phi) is 8.95. The lowest BCUT2D eigenvalue weighted by Gasteiger charge is -2.29. The van der Waals surface area contributed by atoms with E-state index in [-0.39, 0.29) is 0 Å². The molecule has 57 heavy (non-hydrogen) atoms. The van der Waals surface area contributed by atoms with E-state index in [0.29, 0.717) is 0 Å². The summed E-state index contributed by atoms with van der Waals surface area (Å²) in [5, 5.41) is 5.00. The lowest BCUT2D eigenvalue weighted by Crippen LogP contribution is -2.11. The fourth-order valence-corrected chi connectivity index (χ4v) is 8.29. The summed E-state index contributed by atoms with van der Waals surface area (Å²) >= 11 is 0. The fraction of sp³-hybridized carbons (Fsp3) is 0. The second-order valence-corrected chi connectivity index (χ2v) is 14.5. The Hall–Kier alpha value is -7.48. The van der Waals surface area contributed by atoms with Crippen molar-refractivity contribution in [3.63, 3.8) is 0 Å². The van der Waals surface area contributed by atoms with Gasteiger partial charge in [0.15, 0.2) is 0 Å². The van der Waals surface area contributed by atoms with Crippen LogP contribution in [0.4, 0.5) is 17.1 Å². The van der Waals surface area contributed by atoms with Crippen LogP contribution in [0.15, 0.2) is 237 Å². The molecule has 0 aliphatic rings. The Labute approximate surface area is 334 Å². The van der Waals surface area contributed by atoms with Crippen LogP contribution >= 0.6 is 0 Å². The molecule has 0 aliphatic carbocycles. The number of rotatable bonds is 8. The molecule has 1 nitrogen and oxygen atoms in total. The predicted molar refractivity (Wildman–Crippen MR) is 243 cm³/mol. The molecule has 0 aromatic heterocycles. The molecule has 0 radical (unpaired) electrons. The van der Waals surface area contributed by atoms with E-state index in [1.54, 1.807) is 0 Å². The molecule has 0 unspecified atom stereocenters. The van der Waals surface area contributed by atoms with E-state index in [9.17, 15) is 0 Å². The maximum atomic E-state index is 2.41. The van der Waals surface area contributed by atoms with Crippen LogP contribution in [0.3, 0.4) is 0 Å². The van der Waals surface area contributed by atoms with Gasteiger partial charge in [-0.3, -0.25) is 0 Å². The smallest absolute Gasteiger partial charge is 0.0540 e. The number of fused-ring (bicyclic) bond motifs is 2. The van der Waals surface area contributed by atoms with Crippen LogP contribution in [0.1, 0.15) is 0 Å². The van der Waals surface area contributed by atoms with E-state index in [0.717, 1.165) is 17.1 Å². The Morgan fingerprint density at radius 2 is 0.632 bits per heavy atom. The van der Waals surface area contributed by atoms with Gasteiger partial charge in [0, 0.05) is 16.9 Å². The molecule has 0 spiro atoms. The van der Waals surface area contributed by atoms with Crippen molar-refractivity contribution in [1.29, 1.82) is 0 Å². The van der Waals surface area contributed by atoms with Crippen molar-refractivity contribution in [3.8, 4) is 55.6 Å². The lowest BCUT2D eigenvalue weighted by molar-refractivity contribution is 1.28. The van der Waals surface area contributed by atoms with Gasteiger partial charge in [-0.15, -0.1) is 0 Å². The van der Waals surface area contributed by atoms with Crippen LogP contribution in [-0.2, 0) is 0 Å². The zero-order chi connectivity index (χ0) is 38.0. The SMILES string of the molecule is c1ccc(-c2ccc(N(c3ccc(-c4cccc5ccccc45)cc3)c3ccc(-c4ccc(-c5ccccc5)c5ccccc45)cc3)c(-c3ccccc3)c2)cc1. The summed E-state index contributed by atoms with van der Waals surface area (Å²) in [6.45, 7) is 0. The molecule has 1 heteroatoms. The van der Waals surface area contributed by atoms with E-state index in [1.165, 1.54) is 77.2 Å². The largest absolute Gasteiger partial charge is 0.310 e. The molecule has 0 atom stereocenters. The van der Waals surface area contributed by atoms with Crippen LogP contribution in [0.2, 0.25) is 0 Å². The number of benzene rings is 10. The van der Waals surface area contributed by atoms with Crippen LogP contribution < -0.4 is 4.90 Å². The number of nitrogens with zero attached hydrogens (tertiary/aromatic N) is 1. The first-order valence-corrected chi connectivity index (χ1v) is 19.6. The molecule has 0 saturated heterocycles. The zero-order valence-electron chi connectivity index (χ0n) is 31.5. The minimum absolute atomic E-state index is 1.09. The van der Waals surface area contributed by atoms with E-state index in [4.69, 9.17) is 0 Å². The minimum Gasteiger partial charge on any atom is -0.310 e. The third kappa shape index (κ3) is 6.56. The van der Waals surface area contributed by atoms with E-state index < -0.39 is 0 Å². The number of hydrogen-bond donors (Lipinski definition) is 0. The molecule has 0 N–H and O–H groups in total. The van der Waals surface area contributed by atoms with Crippen LogP contribution in [0.25, 0.3) is 77.2 Å². The highest BCUT2D eigenvalue weighted by atomic mass is 15.1. The van der Waals surface area contributed by atoms with Gasteiger partial charge in [-0.25, -0.2) is 0 Å². The standard InChI is InChI=1S/C56H39N/c1-4-15-40(16-5-1)46-31-38-56(55(39-46)43-19-8-3-9-20-43)57(47-32-27-44(28-33-47)50-26-14-22-42-21-10-11-23-49(42)50)48-34-29-45(30-35-48)52-37-36-51(41-17-6-2-7-18-41)53-24-12-13-25-54(52)53/h1-39H. The van der Waals surface area contributed by atoms with Crippen LogP contribution in [-0.4, -0.2) is 0 Å². The Morgan fingerprint density at radius 3 is 1.19 bits per heavy atom. The molecule has 10 aromatic rings. The first-order valence-electron chi connectivity index (χ1n) is 19.6. The van der Waals surface area contributed by atoms with Crippen molar-refractivity contribution in [2.45, 2.75) is 0 Å². The maximum absolute atomic E-state index is 2.41. The number of hydrogen-bond acceptors (Lipinski definition) is 1. The highest BCUT2D eigenvalue weighted by molar-refractivity contribution is 6.05. The van der Waals surface area contributed by atoms with Gasteiger partial charge in [0.05, 0.1) is 5.69 Å². The summed E-state index contributed by atoms with van der Waals surface area (Å²) < 4.78 is 0. The van der Waals surface area contributed by atoms with Gasteiger partial charge >= 0.3 is 0 Å². The molecule has 10 aromatic carbocycles. The van der Waals surface area contributed by atoms with Gasteiger partial charge in [0.1, 0.15) is 0 Å². The van der Waals surface area contributed by atoms with Gasteiger partial charge in [0.25, 0.3) is 0 Å². The van der Waals surface area contributed by atoms with Gasteiger partial charge < -0.3 is 4.90 Å². The molecular weight excluding hydrogens is 687 g/mol. The summed E-state index contributed by atoms with van der Waals surface area (Å²) in [7, 11) is 0. The third-order valence-electron chi connectivity index (χ3n) is 11.1. The average Bonchev–Trinajstić information content (AvgIpc) is 3.30. The summed E-state index contributed by atoms with van der Waals surface area (Å²) in [6, 6.07) is 85.6. The Balaban J connectivity index is 1.12. The topological polar surface area (TPSA) is 3.24 Å². The van der Waals surface area contributed by atoms with Crippen molar-refractivity contribution in [3.05, 3.63) is 237 Å². The second kappa shape index (κ2) is 15.0. The first-order chi connectivity index (χ1) is 28.3. The highest BCUT2D eigenvalue weighted by Gasteiger charge is 2.19. The molecule has 0 fully saturated rings. The van der Waals surface area contributed by atoms with Crippen LogP contribution in [0.5, 0.6) is 0 Å². The quantitative estimate of drug-likeness (QED) is 0.151. The monoisotopic (exact) mass is 725 g/mol. The number of anilines is 3. The molecule has 10 rings (SSSR count). The van der Waals surface area contributed by atoms with Gasteiger partial charge in [0.2, 0.25) is 0 Å². The predicted octanol–water partition coefficient (Wildman–Crippen LogP) is 15.8. The second-order valence-electron chi connectivity index (χ2n) is 14.5. The summed E-state index contributed by atoms with van der Waals surface area (Å²) in [6.07, 6.45) is 0. The lowest BCUT2D eigenvalue weighted by atomic mass is 9.92. The maximum Gasteiger partial charge on any atom is 0.0540 e. The summed E-state index contributed by atoms with van der Waals surface area (Å²) in [4.78, 5) is 2.41. The molecular formula is C56H39N.